The van der Waals surface area contributed by atoms with Crippen molar-refractivity contribution < 1.29 is 24.5 Å². The number of benzene rings is 1. The second-order valence-corrected chi connectivity index (χ2v) is 4.86. The minimum Gasteiger partial charge on any atom is -0.493 e. The van der Waals surface area contributed by atoms with Gasteiger partial charge in [-0.3, -0.25) is 0 Å². The Kier molecular flexibility index (Phi) is 3.95. The predicted molar refractivity (Wildman–Crippen MR) is 68.9 cm³/mol. The maximum absolute atomic E-state index is 11.2. The first-order valence-corrected chi connectivity index (χ1v) is 6.31. The number of ether oxygens (including phenoxy) is 2. The van der Waals surface area contributed by atoms with Gasteiger partial charge in [-0.2, -0.15) is 0 Å². The van der Waals surface area contributed by atoms with E-state index in [9.17, 15) is 9.90 Å². The SMILES string of the molecule is COc1cccc(C(=O)O)c1OCC1(O)CCCC1. The lowest BCUT2D eigenvalue weighted by atomic mass is 10.0. The van der Waals surface area contributed by atoms with Gasteiger partial charge in [0.25, 0.3) is 0 Å². The van der Waals surface area contributed by atoms with Gasteiger partial charge in [0.15, 0.2) is 11.5 Å². The first kappa shape index (κ1) is 13.7. The lowest BCUT2D eigenvalue weighted by Gasteiger charge is -2.23. The third-order valence-electron chi connectivity index (χ3n) is 3.45. The van der Waals surface area contributed by atoms with E-state index in [4.69, 9.17) is 14.6 Å². The van der Waals surface area contributed by atoms with Gasteiger partial charge in [0.05, 0.1) is 12.7 Å². The highest BCUT2D eigenvalue weighted by atomic mass is 16.5. The lowest BCUT2D eigenvalue weighted by molar-refractivity contribution is 0.000210. The Labute approximate surface area is 111 Å². The Balaban J connectivity index is 2.20. The van der Waals surface area contributed by atoms with Gasteiger partial charge < -0.3 is 19.7 Å². The number of hydrogen-bond acceptors (Lipinski definition) is 4. The van der Waals surface area contributed by atoms with Gasteiger partial charge in [0.1, 0.15) is 12.2 Å². The van der Waals surface area contributed by atoms with Crippen LogP contribution in [0.1, 0.15) is 36.0 Å². The minimum atomic E-state index is -1.08. The zero-order chi connectivity index (χ0) is 13.9. The number of methoxy groups -OCH3 is 1. The Morgan fingerprint density at radius 2 is 2.05 bits per heavy atom. The topological polar surface area (TPSA) is 76.0 Å². The van der Waals surface area contributed by atoms with Gasteiger partial charge in [0, 0.05) is 0 Å². The van der Waals surface area contributed by atoms with Crippen LogP contribution in [0.5, 0.6) is 11.5 Å². The van der Waals surface area contributed by atoms with E-state index >= 15 is 0 Å². The molecule has 2 N–H and O–H groups in total. The Bertz CT molecular complexity index is 463. The molecule has 1 aliphatic rings. The van der Waals surface area contributed by atoms with E-state index < -0.39 is 11.6 Å². The molecule has 0 radical (unpaired) electrons. The van der Waals surface area contributed by atoms with Crippen molar-refractivity contribution in [2.75, 3.05) is 13.7 Å². The van der Waals surface area contributed by atoms with Crippen LogP contribution in [-0.4, -0.2) is 35.5 Å². The van der Waals surface area contributed by atoms with E-state index in [1.807, 2.05) is 0 Å². The Hall–Kier alpha value is -1.75. The summed E-state index contributed by atoms with van der Waals surface area (Å²) in [5, 5.41) is 19.4. The number of aromatic carboxylic acids is 1. The molecule has 1 aliphatic carbocycles. The van der Waals surface area contributed by atoms with Gasteiger partial charge in [-0.25, -0.2) is 4.79 Å². The van der Waals surface area contributed by atoms with Crippen LogP contribution >= 0.6 is 0 Å². The summed E-state index contributed by atoms with van der Waals surface area (Å²) in [7, 11) is 1.46. The minimum absolute atomic E-state index is 0.0425. The number of para-hydroxylation sites is 1. The van der Waals surface area contributed by atoms with E-state index in [1.165, 1.54) is 13.2 Å². The standard InChI is InChI=1S/C14H18O5/c1-18-11-6-4-5-10(13(15)16)12(11)19-9-14(17)7-2-3-8-14/h4-6,17H,2-3,7-9H2,1H3,(H,15,16). The smallest absolute Gasteiger partial charge is 0.339 e. The van der Waals surface area contributed by atoms with Crippen molar-refractivity contribution in [3.05, 3.63) is 23.8 Å². The highest BCUT2D eigenvalue weighted by molar-refractivity contribution is 5.92. The first-order valence-electron chi connectivity index (χ1n) is 6.31. The van der Waals surface area contributed by atoms with E-state index in [2.05, 4.69) is 0 Å². The van der Waals surface area contributed by atoms with Crippen molar-refractivity contribution in [3.8, 4) is 11.5 Å². The molecule has 0 atom stereocenters. The molecule has 0 bridgehead atoms. The zero-order valence-electron chi connectivity index (χ0n) is 10.9. The number of carboxylic acids is 1. The van der Waals surface area contributed by atoms with Crippen LogP contribution in [-0.2, 0) is 0 Å². The molecular formula is C14H18O5. The summed E-state index contributed by atoms with van der Waals surface area (Å²) in [6.07, 6.45) is 3.31. The number of rotatable bonds is 5. The second kappa shape index (κ2) is 5.48. The second-order valence-electron chi connectivity index (χ2n) is 4.86. The fourth-order valence-corrected chi connectivity index (χ4v) is 2.38. The molecule has 19 heavy (non-hydrogen) atoms. The largest absolute Gasteiger partial charge is 0.493 e. The molecule has 1 fully saturated rings. The van der Waals surface area contributed by atoms with Crippen molar-refractivity contribution in [2.24, 2.45) is 0 Å². The molecule has 5 nitrogen and oxygen atoms in total. The summed E-state index contributed by atoms with van der Waals surface area (Å²) in [5.41, 5.74) is -0.808. The highest BCUT2D eigenvalue weighted by Gasteiger charge is 2.32. The fourth-order valence-electron chi connectivity index (χ4n) is 2.38. The molecule has 5 heteroatoms. The quantitative estimate of drug-likeness (QED) is 0.853. The molecule has 104 valence electrons. The lowest BCUT2D eigenvalue weighted by Crippen LogP contribution is -2.32. The van der Waals surface area contributed by atoms with E-state index in [0.717, 1.165) is 12.8 Å². The molecule has 1 aromatic carbocycles. The third kappa shape index (κ3) is 2.98. The monoisotopic (exact) mass is 266 g/mol. The van der Waals surface area contributed by atoms with Crippen LogP contribution < -0.4 is 9.47 Å². The first-order chi connectivity index (χ1) is 9.06. The van der Waals surface area contributed by atoms with Gasteiger partial charge in [0.2, 0.25) is 0 Å². The third-order valence-corrected chi connectivity index (χ3v) is 3.45. The molecule has 0 aromatic heterocycles. The molecule has 0 amide bonds. The molecule has 2 rings (SSSR count). The molecule has 0 heterocycles. The van der Waals surface area contributed by atoms with Crippen molar-refractivity contribution in [3.63, 3.8) is 0 Å². The maximum Gasteiger partial charge on any atom is 0.339 e. The summed E-state index contributed by atoms with van der Waals surface area (Å²) < 4.78 is 10.7. The van der Waals surface area contributed by atoms with E-state index in [0.29, 0.717) is 18.6 Å². The van der Waals surface area contributed by atoms with Crippen molar-refractivity contribution in [1.29, 1.82) is 0 Å². The molecule has 1 aromatic rings. The molecule has 1 saturated carbocycles. The van der Waals surface area contributed by atoms with Crippen LogP contribution in [0.15, 0.2) is 18.2 Å². The van der Waals surface area contributed by atoms with Crippen LogP contribution in [0.3, 0.4) is 0 Å². The summed E-state index contributed by atoms with van der Waals surface area (Å²) >= 11 is 0. The number of hydrogen-bond donors (Lipinski definition) is 2. The van der Waals surface area contributed by atoms with Gasteiger partial charge in [-0.05, 0) is 25.0 Å². The van der Waals surface area contributed by atoms with Gasteiger partial charge in [-0.15, -0.1) is 0 Å². The molecular weight excluding hydrogens is 248 g/mol. The molecule has 0 spiro atoms. The average Bonchev–Trinajstić information content (AvgIpc) is 2.83. The summed E-state index contributed by atoms with van der Waals surface area (Å²) in [6, 6.07) is 4.69. The van der Waals surface area contributed by atoms with Crippen molar-refractivity contribution in [1.82, 2.24) is 0 Å². The highest BCUT2D eigenvalue weighted by Crippen LogP contribution is 2.34. The van der Waals surface area contributed by atoms with Crippen molar-refractivity contribution >= 4 is 5.97 Å². The number of carbonyl (C=O) groups is 1. The Morgan fingerprint density at radius 1 is 1.37 bits per heavy atom. The fraction of sp³-hybridized carbons (Fsp3) is 0.500. The molecule has 0 aliphatic heterocycles. The van der Waals surface area contributed by atoms with E-state index in [1.54, 1.807) is 12.1 Å². The number of carboxylic acid groups (broad SMARTS) is 1. The van der Waals surface area contributed by atoms with Crippen molar-refractivity contribution in [2.45, 2.75) is 31.3 Å². The molecule has 0 unspecified atom stereocenters. The van der Waals surface area contributed by atoms with Crippen LogP contribution in [0.4, 0.5) is 0 Å². The normalized spacial score (nSPS) is 17.2. The van der Waals surface area contributed by atoms with Gasteiger partial charge in [-0.1, -0.05) is 18.9 Å². The Morgan fingerprint density at radius 3 is 2.63 bits per heavy atom. The van der Waals surface area contributed by atoms with Gasteiger partial charge >= 0.3 is 5.97 Å². The van der Waals surface area contributed by atoms with E-state index in [-0.39, 0.29) is 17.9 Å². The summed E-state index contributed by atoms with van der Waals surface area (Å²) in [6.45, 7) is 0.0909. The van der Waals surface area contributed by atoms with Crippen LogP contribution in [0.2, 0.25) is 0 Å². The maximum atomic E-state index is 11.2. The zero-order valence-corrected chi connectivity index (χ0v) is 10.9. The average molecular weight is 266 g/mol. The van der Waals surface area contributed by atoms with Crippen LogP contribution in [0, 0.1) is 0 Å². The number of aliphatic hydroxyl groups is 1. The summed E-state index contributed by atoms with van der Waals surface area (Å²) in [5.74, 6) is -0.536. The molecule has 0 saturated heterocycles. The predicted octanol–water partition coefficient (Wildman–Crippen LogP) is 2.08. The van der Waals surface area contributed by atoms with Crippen LogP contribution in [0.25, 0.3) is 0 Å². The summed E-state index contributed by atoms with van der Waals surface area (Å²) in [4.78, 5) is 11.2.